The van der Waals surface area contributed by atoms with Crippen LogP contribution < -0.4 is 10.5 Å². The summed E-state index contributed by atoms with van der Waals surface area (Å²) in [6.07, 6.45) is 2.24. The third-order valence-corrected chi connectivity index (χ3v) is 8.22. The largest absolute Gasteiger partial charge is 0.493 e. The molecule has 2 aliphatic heterocycles. The van der Waals surface area contributed by atoms with Crippen molar-refractivity contribution in [1.82, 2.24) is 9.80 Å². The van der Waals surface area contributed by atoms with Crippen molar-refractivity contribution in [3.05, 3.63) is 53.8 Å². The van der Waals surface area contributed by atoms with E-state index in [-0.39, 0.29) is 18.5 Å². The van der Waals surface area contributed by atoms with Gasteiger partial charge in [0, 0.05) is 30.6 Å². The van der Waals surface area contributed by atoms with Gasteiger partial charge in [-0.05, 0) is 74.5 Å². The van der Waals surface area contributed by atoms with Crippen LogP contribution in [0.15, 0.2) is 42.5 Å². The van der Waals surface area contributed by atoms with Crippen LogP contribution in [0.5, 0.6) is 5.75 Å². The Balaban J connectivity index is 1.31. The van der Waals surface area contributed by atoms with Crippen molar-refractivity contribution in [2.45, 2.75) is 63.8 Å². The molecule has 9 heteroatoms. The Labute approximate surface area is 228 Å². The van der Waals surface area contributed by atoms with Gasteiger partial charge in [-0.3, -0.25) is 9.59 Å². The van der Waals surface area contributed by atoms with E-state index in [1.807, 2.05) is 13.8 Å². The maximum absolute atomic E-state index is 15.0. The van der Waals surface area contributed by atoms with E-state index in [1.165, 1.54) is 17.0 Å². The highest BCUT2D eigenvalue weighted by Gasteiger charge is 2.38. The molecule has 0 aliphatic carbocycles. The number of carbonyl (C=O) groups excluding carboxylic acids is 2. The highest BCUT2D eigenvalue weighted by molar-refractivity contribution is 5.98. The molecule has 212 valence electrons. The second-order valence-corrected chi connectivity index (χ2v) is 10.9. The minimum atomic E-state index is -1.11. The number of nitrogens with zero attached hydrogens (tertiary/aromatic N) is 2. The Morgan fingerprint density at radius 1 is 1.10 bits per heavy atom. The number of halogens is 2. The number of amides is 2. The van der Waals surface area contributed by atoms with Gasteiger partial charge in [0.25, 0.3) is 5.91 Å². The first-order valence-electron chi connectivity index (χ1n) is 13.8. The number of benzene rings is 2. The lowest BCUT2D eigenvalue weighted by molar-refractivity contribution is -0.121. The normalized spacial score (nSPS) is 20.8. The van der Waals surface area contributed by atoms with Gasteiger partial charge >= 0.3 is 0 Å². The smallest absolute Gasteiger partial charge is 0.254 e. The topological polar surface area (TPSA) is 96.1 Å². The van der Waals surface area contributed by atoms with Gasteiger partial charge in [-0.1, -0.05) is 32.0 Å². The molecule has 2 amide bonds. The summed E-state index contributed by atoms with van der Waals surface area (Å²) in [5.74, 6) is -0.711. The van der Waals surface area contributed by atoms with E-state index in [0.29, 0.717) is 48.8 Å². The molecule has 0 bridgehead atoms. The molecular formula is C30H39F2N3O4. The number of likely N-dealkylation sites (tertiary alicyclic amines) is 2. The quantitative estimate of drug-likeness (QED) is 0.469. The molecule has 0 unspecified atom stereocenters. The minimum absolute atomic E-state index is 0.0214. The van der Waals surface area contributed by atoms with Gasteiger partial charge < -0.3 is 25.4 Å². The number of aliphatic hydroxyl groups is 1. The molecule has 3 N–H and O–H groups in total. The third kappa shape index (κ3) is 6.94. The Morgan fingerprint density at radius 2 is 1.77 bits per heavy atom. The summed E-state index contributed by atoms with van der Waals surface area (Å²) in [5, 5.41) is 9.86. The minimum Gasteiger partial charge on any atom is -0.493 e. The second-order valence-electron chi connectivity index (χ2n) is 10.9. The lowest BCUT2D eigenvalue weighted by Crippen LogP contribution is -2.44. The van der Waals surface area contributed by atoms with Crippen LogP contribution in [0.4, 0.5) is 8.78 Å². The van der Waals surface area contributed by atoms with Gasteiger partial charge in [0.15, 0.2) is 0 Å². The summed E-state index contributed by atoms with van der Waals surface area (Å²) in [6.45, 7) is 6.62. The predicted molar refractivity (Wildman–Crippen MR) is 146 cm³/mol. The first kappa shape index (κ1) is 29.0. The Bertz CT molecular complexity index is 1150. The fourth-order valence-corrected chi connectivity index (χ4v) is 5.49. The maximum Gasteiger partial charge on any atom is 0.254 e. The summed E-state index contributed by atoms with van der Waals surface area (Å²) in [4.78, 5) is 27.9. The summed E-state index contributed by atoms with van der Waals surface area (Å²) in [7, 11) is 0. The zero-order chi connectivity index (χ0) is 28.2. The molecule has 2 aromatic carbocycles. The maximum atomic E-state index is 15.0. The summed E-state index contributed by atoms with van der Waals surface area (Å²) >= 11 is 0. The lowest BCUT2D eigenvalue weighted by Gasteiger charge is -2.36. The number of aliphatic hydroxyl groups excluding tert-OH is 1. The van der Waals surface area contributed by atoms with Gasteiger partial charge in [0.2, 0.25) is 5.91 Å². The highest BCUT2D eigenvalue weighted by atomic mass is 19.1. The number of piperidine rings is 1. The molecule has 2 aromatic rings. The Hall–Kier alpha value is -3.04. The van der Waals surface area contributed by atoms with E-state index < -0.39 is 35.4 Å². The van der Waals surface area contributed by atoms with E-state index in [4.69, 9.17) is 10.5 Å². The van der Waals surface area contributed by atoms with E-state index in [0.717, 1.165) is 32.0 Å². The second kappa shape index (κ2) is 12.4. The van der Waals surface area contributed by atoms with Crippen LogP contribution in [0.25, 0.3) is 11.1 Å². The Kier molecular flexibility index (Phi) is 9.23. The van der Waals surface area contributed by atoms with Crippen LogP contribution in [0.3, 0.4) is 0 Å². The molecule has 0 aromatic heterocycles. The molecule has 2 saturated heterocycles. The van der Waals surface area contributed by atoms with E-state index in [1.54, 1.807) is 24.3 Å². The number of carbonyl (C=O) groups is 2. The van der Waals surface area contributed by atoms with Crippen molar-refractivity contribution in [1.29, 1.82) is 0 Å². The van der Waals surface area contributed by atoms with E-state index in [2.05, 4.69) is 4.90 Å². The van der Waals surface area contributed by atoms with Crippen LogP contribution in [-0.4, -0.2) is 77.3 Å². The molecular weight excluding hydrogens is 504 g/mol. The Morgan fingerprint density at radius 3 is 2.36 bits per heavy atom. The van der Waals surface area contributed by atoms with Crippen molar-refractivity contribution in [3.63, 3.8) is 0 Å². The molecule has 39 heavy (non-hydrogen) atoms. The zero-order valence-electron chi connectivity index (χ0n) is 22.7. The average Bonchev–Trinajstić information content (AvgIpc) is 3.34. The summed E-state index contributed by atoms with van der Waals surface area (Å²) in [6, 6.07) is 10.4. The van der Waals surface area contributed by atoms with Crippen molar-refractivity contribution in [2.24, 2.45) is 11.7 Å². The molecule has 2 heterocycles. The van der Waals surface area contributed by atoms with Crippen molar-refractivity contribution in [3.8, 4) is 16.9 Å². The van der Waals surface area contributed by atoms with Gasteiger partial charge in [0.1, 0.15) is 23.3 Å². The van der Waals surface area contributed by atoms with Gasteiger partial charge in [-0.25, -0.2) is 8.78 Å². The molecule has 0 spiro atoms. The predicted octanol–water partition coefficient (Wildman–Crippen LogP) is 4.17. The fourth-order valence-electron chi connectivity index (χ4n) is 5.49. The van der Waals surface area contributed by atoms with Crippen LogP contribution in [-0.2, 0) is 4.79 Å². The van der Waals surface area contributed by atoms with Gasteiger partial charge in [-0.15, -0.1) is 0 Å². The number of hydrogen-bond donors (Lipinski definition) is 2. The molecule has 2 atom stereocenters. The molecule has 2 aliphatic rings. The first-order valence-corrected chi connectivity index (χ1v) is 13.8. The number of primary amides is 1. The monoisotopic (exact) mass is 543 g/mol. The SMILES string of the molecule is CCC(F)(CC)CN1CCC(COc2ccc(-c3ccc(C(=O)N4C[C@H](O)C[C@H]4C(N)=O)cc3F)cc2)CC1. The molecule has 0 saturated carbocycles. The number of ether oxygens (including phenoxy) is 1. The summed E-state index contributed by atoms with van der Waals surface area (Å²) < 4.78 is 35.7. The van der Waals surface area contributed by atoms with E-state index in [9.17, 15) is 19.1 Å². The third-order valence-electron chi connectivity index (χ3n) is 8.22. The standard InChI is InChI=1S/C30H39F2N3O4/c1-3-30(32,4-2)19-34-13-11-20(12-14-34)18-39-24-8-5-21(6-9-24)25-10-7-22(15-26(25)31)29(38)35-17-23(36)16-27(35)28(33)37/h5-10,15,20,23,27,36H,3-4,11-14,16-19H2,1-2H3,(H2,33,37)/t23-,27+/m1/s1. The number of rotatable bonds is 10. The van der Waals surface area contributed by atoms with E-state index >= 15 is 4.39 Å². The highest BCUT2D eigenvalue weighted by Crippen LogP contribution is 2.29. The van der Waals surface area contributed by atoms with Crippen LogP contribution in [0, 0.1) is 11.7 Å². The number of β-amino-alcohol motifs (C(OH)–C–C–N with tert-alkyl or cyclic N) is 1. The average molecular weight is 544 g/mol. The molecule has 4 rings (SSSR count). The first-order chi connectivity index (χ1) is 18.6. The fraction of sp³-hybridized carbons (Fsp3) is 0.533. The van der Waals surface area contributed by atoms with Gasteiger partial charge in [-0.2, -0.15) is 0 Å². The number of hydrogen-bond acceptors (Lipinski definition) is 5. The van der Waals surface area contributed by atoms with Gasteiger partial charge in [0.05, 0.1) is 12.7 Å². The van der Waals surface area contributed by atoms with Crippen LogP contribution in [0.2, 0.25) is 0 Å². The van der Waals surface area contributed by atoms with Crippen molar-refractivity contribution in [2.75, 3.05) is 32.8 Å². The van der Waals surface area contributed by atoms with Crippen LogP contribution in [0.1, 0.15) is 56.3 Å². The summed E-state index contributed by atoms with van der Waals surface area (Å²) in [5.41, 5.74) is 5.32. The molecule has 0 radical (unpaired) electrons. The number of alkyl halides is 1. The molecule has 2 fully saturated rings. The zero-order valence-corrected chi connectivity index (χ0v) is 22.7. The number of nitrogens with two attached hydrogens (primary N) is 1. The van der Waals surface area contributed by atoms with Crippen LogP contribution >= 0.6 is 0 Å². The lowest BCUT2D eigenvalue weighted by atomic mass is 9.94. The molecule has 7 nitrogen and oxygen atoms in total. The van der Waals surface area contributed by atoms with Crippen molar-refractivity contribution >= 4 is 11.8 Å². The van der Waals surface area contributed by atoms with Crippen molar-refractivity contribution < 1.29 is 28.2 Å².